The highest BCUT2D eigenvalue weighted by Crippen LogP contribution is 2.25. The van der Waals surface area contributed by atoms with E-state index in [0.29, 0.717) is 11.6 Å². The van der Waals surface area contributed by atoms with E-state index in [9.17, 15) is 4.79 Å². The fourth-order valence-corrected chi connectivity index (χ4v) is 2.56. The predicted molar refractivity (Wildman–Crippen MR) is 89.8 cm³/mol. The van der Waals surface area contributed by atoms with Gasteiger partial charge in [0.2, 0.25) is 0 Å². The maximum Gasteiger partial charge on any atom is 0.251 e. The van der Waals surface area contributed by atoms with Crippen LogP contribution in [0.25, 0.3) is 16.8 Å². The molecule has 1 fully saturated rings. The number of benzene rings is 2. The SMILES string of the molecule is Cc1ccc(-c2cc(C(=O)NC3CC3)cc(-n3cnnn3)c2)cc1. The first-order valence-corrected chi connectivity index (χ1v) is 7.95. The first kappa shape index (κ1) is 14.6. The van der Waals surface area contributed by atoms with Crippen molar-refractivity contribution in [2.45, 2.75) is 25.8 Å². The lowest BCUT2D eigenvalue weighted by molar-refractivity contribution is 0.0951. The number of tetrazole rings is 1. The Balaban J connectivity index is 1.78. The third kappa shape index (κ3) is 3.03. The molecule has 0 atom stereocenters. The lowest BCUT2D eigenvalue weighted by atomic mass is 10.0. The first-order valence-electron chi connectivity index (χ1n) is 7.95. The van der Waals surface area contributed by atoms with Crippen LogP contribution < -0.4 is 5.32 Å². The molecule has 1 aliphatic rings. The molecular formula is C18H17N5O. The van der Waals surface area contributed by atoms with E-state index in [1.54, 1.807) is 4.68 Å². The molecule has 1 amide bonds. The average Bonchev–Trinajstić information content (AvgIpc) is 3.24. The molecule has 1 N–H and O–H groups in total. The van der Waals surface area contributed by atoms with Crippen molar-refractivity contribution in [3.63, 3.8) is 0 Å². The second-order valence-electron chi connectivity index (χ2n) is 6.14. The van der Waals surface area contributed by atoms with Crippen LogP contribution in [0, 0.1) is 6.92 Å². The van der Waals surface area contributed by atoms with Crippen molar-refractivity contribution in [3.05, 3.63) is 59.9 Å². The largest absolute Gasteiger partial charge is 0.349 e. The van der Waals surface area contributed by atoms with Gasteiger partial charge in [0.25, 0.3) is 5.91 Å². The summed E-state index contributed by atoms with van der Waals surface area (Å²) in [7, 11) is 0. The Hall–Kier alpha value is -3.02. The predicted octanol–water partition coefficient (Wildman–Crippen LogP) is 2.53. The van der Waals surface area contributed by atoms with Crippen LogP contribution in [-0.2, 0) is 0 Å². The zero-order chi connectivity index (χ0) is 16.5. The van der Waals surface area contributed by atoms with Crippen LogP contribution in [0.4, 0.5) is 0 Å². The van der Waals surface area contributed by atoms with Gasteiger partial charge in [0.15, 0.2) is 0 Å². The molecule has 0 unspecified atom stereocenters. The number of carbonyl (C=O) groups is 1. The fourth-order valence-electron chi connectivity index (χ4n) is 2.56. The monoisotopic (exact) mass is 319 g/mol. The molecule has 0 spiro atoms. The Labute approximate surface area is 139 Å². The highest BCUT2D eigenvalue weighted by atomic mass is 16.1. The van der Waals surface area contributed by atoms with E-state index in [4.69, 9.17) is 0 Å². The van der Waals surface area contributed by atoms with Gasteiger partial charge in [-0.3, -0.25) is 4.79 Å². The molecule has 1 aromatic heterocycles. The van der Waals surface area contributed by atoms with E-state index in [1.807, 2.05) is 18.2 Å². The van der Waals surface area contributed by atoms with Gasteiger partial charge in [-0.2, -0.15) is 0 Å². The summed E-state index contributed by atoms with van der Waals surface area (Å²) >= 11 is 0. The quantitative estimate of drug-likeness (QED) is 0.802. The Kier molecular flexibility index (Phi) is 3.57. The molecular weight excluding hydrogens is 302 g/mol. The van der Waals surface area contributed by atoms with Gasteiger partial charge in [0, 0.05) is 11.6 Å². The van der Waals surface area contributed by atoms with Crippen LogP contribution >= 0.6 is 0 Å². The molecule has 3 aromatic rings. The Bertz CT molecular complexity index is 867. The molecule has 0 saturated heterocycles. The molecule has 4 rings (SSSR count). The fraction of sp³-hybridized carbons (Fsp3) is 0.222. The van der Waals surface area contributed by atoms with Gasteiger partial charge in [-0.15, -0.1) is 5.10 Å². The van der Waals surface area contributed by atoms with Crippen LogP contribution in [0.5, 0.6) is 0 Å². The van der Waals surface area contributed by atoms with Gasteiger partial charge in [0.1, 0.15) is 6.33 Å². The van der Waals surface area contributed by atoms with Gasteiger partial charge >= 0.3 is 0 Å². The summed E-state index contributed by atoms with van der Waals surface area (Å²) < 4.78 is 1.56. The molecule has 1 aliphatic carbocycles. The molecule has 0 radical (unpaired) electrons. The molecule has 0 aliphatic heterocycles. The van der Waals surface area contributed by atoms with Crippen molar-refractivity contribution in [2.24, 2.45) is 0 Å². The maximum absolute atomic E-state index is 12.5. The molecule has 1 heterocycles. The number of carbonyl (C=O) groups excluding carboxylic acids is 1. The Morgan fingerprint density at radius 3 is 2.58 bits per heavy atom. The third-order valence-corrected chi connectivity index (χ3v) is 4.09. The molecule has 120 valence electrons. The van der Waals surface area contributed by atoms with E-state index in [2.05, 4.69) is 52.0 Å². The third-order valence-electron chi connectivity index (χ3n) is 4.09. The van der Waals surface area contributed by atoms with Crippen LogP contribution in [-0.4, -0.2) is 32.2 Å². The number of hydrogen-bond acceptors (Lipinski definition) is 4. The minimum atomic E-state index is -0.0548. The van der Waals surface area contributed by atoms with Crippen molar-refractivity contribution in [1.29, 1.82) is 0 Å². The first-order chi connectivity index (χ1) is 11.7. The lowest BCUT2D eigenvalue weighted by Gasteiger charge is -2.10. The van der Waals surface area contributed by atoms with Gasteiger partial charge < -0.3 is 5.32 Å². The number of aryl methyl sites for hydroxylation is 1. The molecule has 2 aromatic carbocycles. The van der Waals surface area contributed by atoms with Crippen LogP contribution in [0.2, 0.25) is 0 Å². The van der Waals surface area contributed by atoms with E-state index in [-0.39, 0.29) is 5.91 Å². The van der Waals surface area contributed by atoms with Crippen molar-refractivity contribution in [3.8, 4) is 16.8 Å². The van der Waals surface area contributed by atoms with Crippen molar-refractivity contribution in [1.82, 2.24) is 25.5 Å². The molecule has 6 nitrogen and oxygen atoms in total. The highest BCUT2D eigenvalue weighted by Gasteiger charge is 2.24. The Morgan fingerprint density at radius 2 is 1.92 bits per heavy atom. The number of amides is 1. The normalized spacial score (nSPS) is 13.7. The summed E-state index contributed by atoms with van der Waals surface area (Å²) in [5, 5.41) is 14.3. The number of hydrogen-bond donors (Lipinski definition) is 1. The van der Waals surface area contributed by atoms with Gasteiger partial charge in [-0.05, 0) is 59.5 Å². The zero-order valence-corrected chi connectivity index (χ0v) is 13.3. The smallest absolute Gasteiger partial charge is 0.251 e. The summed E-state index contributed by atoms with van der Waals surface area (Å²) in [6.07, 6.45) is 3.64. The minimum Gasteiger partial charge on any atom is -0.349 e. The molecule has 6 heteroatoms. The number of nitrogens with zero attached hydrogens (tertiary/aromatic N) is 4. The standard InChI is InChI=1S/C18H17N5O/c1-12-2-4-13(5-3-12)14-8-15(18(24)20-16-6-7-16)10-17(9-14)23-11-19-21-22-23/h2-5,8-11,16H,6-7H2,1H3,(H,20,24). The van der Waals surface area contributed by atoms with Crippen molar-refractivity contribution in [2.75, 3.05) is 0 Å². The van der Waals surface area contributed by atoms with E-state index < -0.39 is 0 Å². The topological polar surface area (TPSA) is 72.7 Å². The van der Waals surface area contributed by atoms with E-state index in [0.717, 1.165) is 29.7 Å². The minimum absolute atomic E-state index is 0.0548. The Morgan fingerprint density at radius 1 is 1.12 bits per heavy atom. The van der Waals surface area contributed by atoms with E-state index >= 15 is 0 Å². The molecule has 0 bridgehead atoms. The molecule has 24 heavy (non-hydrogen) atoms. The van der Waals surface area contributed by atoms with Crippen LogP contribution in [0.15, 0.2) is 48.8 Å². The second-order valence-corrected chi connectivity index (χ2v) is 6.14. The van der Waals surface area contributed by atoms with Crippen LogP contribution in [0.1, 0.15) is 28.8 Å². The van der Waals surface area contributed by atoms with Gasteiger partial charge in [-0.25, -0.2) is 4.68 Å². The summed E-state index contributed by atoms with van der Waals surface area (Å²) in [6.45, 7) is 2.05. The highest BCUT2D eigenvalue weighted by molar-refractivity contribution is 5.96. The van der Waals surface area contributed by atoms with E-state index in [1.165, 1.54) is 11.9 Å². The number of rotatable bonds is 4. The van der Waals surface area contributed by atoms with Crippen LogP contribution in [0.3, 0.4) is 0 Å². The average molecular weight is 319 g/mol. The van der Waals surface area contributed by atoms with Crippen molar-refractivity contribution >= 4 is 5.91 Å². The summed E-state index contributed by atoms with van der Waals surface area (Å²) in [4.78, 5) is 12.5. The summed E-state index contributed by atoms with van der Waals surface area (Å²) in [5.74, 6) is -0.0548. The van der Waals surface area contributed by atoms with Gasteiger partial charge in [0.05, 0.1) is 5.69 Å². The second kappa shape index (κ2) is 5.88. The number of nitrogens with one attached hydrogen (secondary N) is 1. The lowest BCUT2D eigenvalue weighted by Crippen LogP contribution is -2.25. The maximum atomic E-state index is 12.5. The summed E-state index contributed by atoms with van der Waals surface area (Å²) in [5.41, 5.74) is 4.59. The molecule has 1 saturated carbocycles. The van der Waals surface area contributed by atoms with Gasteiger partial charge in [-0.1, -0.05) is 29.8 Å². The zero-order valence-electron chi connectivity index (χ0n) is 13.3. The number of aromatic nitrogens is 4. The van der Waals surface area contributed by atoms with Crippen molar-refractivity contribution < 1.29 is 4.79 Å². The summed E-state index contributed by atoms with van der Waals surface area (Å²) in [6, 6.07) is 14.2.